The minimum Gasteiger partial charge on any atom is -0.274 e. The molecule has 0 bridgehead atoms. The fraction of sp³-hybridized carbons (Fsp3) is 0.238. The summed E-state index contributed by atoms with van der Waals surface area (Å²) in [5.74, 6) is -0.618. The number of aromatic nitrogens is 1. The van der Waals surface area contributed by atoms with Gasteiger partial charge in [-0.15, -0.1) is 0 Å². The van der Waals surface area contributed by atoms with Crippen molar-refractivity contribution in [3.63, 3.8) is 0 Å². The van der Waals surface area contributed by atoms with Crippen LogP contribution in [0.5, 0.6) is 0 Å². The van der Waals surface area contributed by atoms with Gasteiger partial charge in [-0.3, -0.25) is 9.78 Å². The highest BCUT2D eigenvalue weighted by Crippen LogP contribution is 2.26. The minimum absolute atomic E-state index is 0.00472. The third kappa shape index (κ3) is 4.51. The maximum absolute atomic E-state index is 12.8. The molecule has 7 heteroatoms. The number of nitrogens with zero attached hydrogens (tertiary/aromatic N) is 1. The second-order valence-electron chi connectivity index (χ2n) is 7.63. The number of amides is 1. The fourth-order valence-electron chi connectivity index (χ4n) is 2.88. The molecule has 5 nitrogen and oxygen atoms in total. The van der Waals surface area contributed by atoms with Crippen molar-refractivity contribution in [2.24, 2.45) is 0 Å². The van der Waals surface area contributed by atoms with E-state index in [-0.39, 0.29) is 27.3 Å². The summed E-state index contributed by atoms with van der Waals surface area (Å²) in [5.41, 5.74) is 2.14. The van der Waals surface area contributed by atoms with E-state index < -0.39 is 15.9 Å². The molecule has 0 fully saturated rings. The molecule has 1 N–H and O–H groups in total. The van der Waals surface area contributed by atoms with E-state index in [0.717, 1.165) is 11.1 Å². The Morgan fingerprint density at radius 1 is 1.11 bits per heavy atom. The van der Waals surface area contributed by atoms with Gasteiger partial charge in [-0.1, -0.05) is 62.7 Å². The summed E-state index contributed by atoms with van der Waals surface area (Å²) in [6, 6.07) is 13.9. The second kappa shape index (κ2) is 7.53. The summed E-state index contributed by atoms with van der Waals surface area (Å²) < 4.78 is 27.6. The molecule has 1 aromatic heterocycles. The lowest BCUT2D eigenvalue weighted by Crippen LogP contribution is -2.32. The molecule has 1 amide bonds. The topological polar surface area (TPSA) is 76.1 Å². The van der Waals surface area contributed by atoms with Crippen molar-refractivity contribution in [1.29, 1.82) is 0 Å². The van der Waals surface area contributed by atoms with E-state index in [9.17, 15) is 13.2 Å². The first-order valence-electron chi connectivity index (χ1n) is 8.76. The second-order valence-corrected chi connectivity index (χ2v) is 9.72. The number of hydrogen-bond donors (Lipinski definition) is 1. The van der Waals surface area contributed by atoms with Crippen LogP contribution in [0.15, 0.2) is 59.6 Å². The molecule has 0 saturated carbocycles. The number of halogens is 1. The Labute approximate surface area is 169 Å². The number of carbonyl (C=O) groups excluding carboxylic acids is 1. The predicted octanol–water partition coefficient (Wildman–Crippen LogP) is 4.23. The summed E-state index contributed by atoms with van der Waals surface area (Å²) in [6.45, 7) is 6.31. The first kappa shape index (κ1) is 20.3. The standard InChI is InChI=1S/C21H21ClN2O3S/c1-21(2,3)16-8-6-14(7-9-16)11-19(25)24-28(26,27)18-13-17(22)12-15-5-4-10-23-20(15)18/h4-10,12-13H,11H2,1-3H3,(H,24,25). The van der Waals surface area contributed by atoms with Crippen molar-refractivity contribution in [3.05, 3.63) is 70.9 Å². The zero-order valence-electron chi connectivity index (χ0n) is 15.9. The van der Waals surface area contributed by atoms with Gasteiger partial charge in [-0.2, -0.15) is 0 Å². The van der Waals surface area contributed by atoms with Gasteiger partial charge in [0.1, 0.15) is 4.90 Å². The van der Waals surface area contributed by atoms with E-state index in [1.807, 2.05) is 24.3 Å². The molecule has 0 saturated heterocycles. The number of fused-ring (bicyclic) bond motifs is 1. The van der Waals surface area contributed by atoms with E-state index in [4.69, 9.17) is 11.6 Å². The maximum Gasteiger partial charge on any atom is 0.266 e. The highest BCUT2D eigenvalue weighted by molar-refractivity contribution is 7.90. The lowest BCUT2D eigenvalue weighted by molar-refractivity contribution is -0.118. The SMILES string of the molecule is CC(C)(C)c1ccc(CC(=O)NS(=O)(=O)c2cc(Cl)cc3cccnc23)cc1. The van der Waals surface area contributed by atoms with Crippen LogP contribution in [-0.2, 0) is 26.7 Å². The first-order chi connectivity index (χ1) is 13.1. The van der Waals surface area contributed by atoms with Crippen LogP contribution in [0.1, 0.15) is 31.9 Å². The summed E-state index contributed by atoms with van der Waals surface area (Å²) in [5, 5.41) is 0.840. The summed E-state index contributed by atoms with van der Waals surface area (Å²) in [6.07, 6.45) is 1.45. The van der Waals surface area contributed by atoms with Crippen LogP contribution in [0.4, 0.5) is 0 Å². The molecule has 28 heavy (non-hydrogen) atoms. The average molecular weight is 417 g/mol. The Hall–Kier alpha value is -2.44. The lowest BCUT2D eigenvalue weighted by Gasteiger charge is -2.19. The van der Waals surface area contributed by atoms with Gasteiger partial charge in [-0.05, 0) is 34.7 Å². The van der Waals surface area contributed by atoms with E-state index in [2.05, 4.69) is 30.5 Å². The summed E-state index contributed by atoms with van der Waals surface area (Å²) in [4.78, 5) is 16.4. The number of hydrogen-bond acceptors (Lipinski definition) is 4. The van der Waals surface area contributed by atoms with E-state index in [1.54, 1.807) is 18.2 Å². The molecule has 0 atom stereocenters. The van der Waals surface area contributed by atoms with Gasteiger partial charge in [-0.25, -0.2) is 13.1 Å². The van der Waals surface area contributed by atoms with Crippen LogP contribution < -0.4 is 4.72 Å². The molecular formula is C21H21ClN2O3S. The largest absolute Gasteiger partial charge is 0.274 e. The molecule has 0 unspecified atom stereocenters. The molecule has 0 aliphatic carbocycles. The lowest BCUT2D eigenvalue weighted by atomic mass is 9.86. The number of carbonyl (C=O) groups is 1. The molecule has 3 aromatic rings. The Morgan fingerprint density at radius 3 is 2.43 bits per heavy atom. The third-order valence-electron chi connectivity index (χ3n) is 4.36. The van der Waals surface area contributed by atoms with Crippen LogP contribution in [0.25, 0.3) is 10.9 Å². The van der Waals surface area contributed by atoms with Crippen LogP contribution >= 0.6 is 11.6 Å². The van der Waals surface area contributed by atoms with Gasteiger partial charge < -0.3 is 0 Å². The van der Waals surface area contributed by atoms with Crippen LogP contribution in [-0.4, -0.2) is 19.3 Å². The number of nitrogens with one attached hydrogen (secondary N) is 1. The molecular weight excluding hydrogens is 396 g/mol. The van der Waals surface area contributed by atoms with Crippen molar-refractivity contribution in [2.75, 3.05) is 0 Å². The highest BCUT2D eigenvalue weighted by Gasteiger charge is 2.22. The molecule has 0 spiro atoms. The van der Waals surface area contributed by atoms with E-state index in [0.29, 0.717) is 5.39 Å². The minimum atomic E-state index is -4.11. The zero-order chi connectivity index (χ0) is 20.5. The van der Waals surface area contributed by atoms with Crippen LogP contribution in [0.3, 0.4) is 0 Å². The van der Waals surface area contributed by atoms with Gasteiger partial charge in [0, 0.05) is 16.6 Å². The quantitative estimate of drug-likeness (QED) is 0.690. The first-order valence-corrected chi connectivity index (χ1v) is 10.6. The number of sulfonamides is 1. The fourth-order valence-corrected chi connectivity index (χ4v) is 4.36. The van der Waals surface area contributed by atoms with Crippen molar-refractivity contribution in [2.45, 2.75) is 37.5 Å². The molecule has 0 aliphatic heterocycles. The van der Waals surface area contributed by atoms with Crippen molar-refractivity contribution >= 4 is 38.4 Å². The number of pyridine rings is 1. The van der Waals surface area contributed by atoms with Gasteiger partial charge in [0.05, 0.1) is 11.9 Å². The average Bonchev–Trinajstić information content (AvgIpc) is 2.60. The Morgan fingerprint density at radius 2 is 1.79 bits per heavy atom. The predicted molar refractivity (Wildman–Crippen MR) is 111 cm³/mol. The molecule has 146 valence electrons. The zero-order valence-corrected chi connectivity index (χ0v) is 17.4. The van der Waals surface area contributed by atoms with Crippen LogP contribution in [0.2, 0.25) is 5.02 Å². The third-order valence-corrected chi connectivity index (χ3v) is 5.96. The Kier molecular flexibility index (Phi) is 5.46. The summed E-state index contributed by atoms with van der Waals surface area (Å²) in [7, 11) is -4.11. The Bertz CT molecular complexity index is 1130. The number of rotatable bonds is 4. The smallest absolute Gasteiger partial charge is 0.266 e. The van der Waals surface area contributed by atoms with Gasteiger partial charge in [0.25, 0.3) is 10.0 Å². The van der Waals surface area contributed by atoms with Crippen LogP contribution in [0, 0.1) is 0 Å². The number of benzene rings is 2. The monoisotopic (exact) mass is 416 g/mol. The molecule has 1 heterocycles. The van der Waals surface area contributed by atoms with Gasteiger partial charge >= 0.3 is 0 Å². The molecule has 0 radical (unpaired) electrons. The molecule has 0 aliphatic rings. The van der Waals surface area contributed by atoms with Crippen molar-refractivity contribution in [3.8, 4) is 0 Å². The highest BCUT2D eigenvalue weighted by atomic mass is 35.5. The molecule has 2 aromatic carbocycles. The summed E-state index contributed by atoms with van der Waals surface area (Å²) >= 11 is 6.04. The van der Waals surface area contributed by atoms with E-state index >= 15 is 0 Å². The normalized spacial score (nSPS) is 12.1. The molecule has 3 rings (SSSR count). The van der Waals surface area contributed by atoms with E-state index in [1.165, 1.54) is 12.3 Å². The van der Waals surface area contributed by atoms with Crippen molar-refractivity contribution in [1.82, 2.24) is 9.71 Å². The van der Waals surface area contributed by atoms with Crippen molar-refractivity contribution < 1.29 is 13.2 Å². The Balaban J connectivity index is 1.82. The van der Waals surface area contributed by atoms with Gasteiger partial charge in [0.2, 0.25) is 5.91 Å². The van der Waals surface area contributed by atoms with Gasteiger partial charge in [0.15, 0.2) is 0 Å². The maximum atomic E-state index is 12.8.